The van der Waals surface area contributed by atoms with Crippen LogP contribution in [0.1, 0.15) is 16.8 Å². The number of carbonyl (C=O) groups is 1. The second kappa shape index (κ2) is 7.20. The first kappa shape index (κ1) is 19.5. The van der Waals surface area contributed by atoms with E-state index >= 15 is 0 Å². The highest BCUT2D eigenvalue weighted by atomic mass is 32.1. The molecule has 1 amide bonds. The Labute approximate surface area is 165 Å². The predicted octanol–water partition coefficient (Wildman–Crippen LogP) is 4.38. The van der Waals surface area contributed by atoms with Crippen molar-refractivity contribution in [3.8, 4) is 10.6 Å². The molecule has 0 saturated carbocycles. The van der Waals surface area contributed by atoms with Crippen molar-refractivity contribution < 1.29 is 27.5 Å². The molecule has 3 aromatic rings. The summed E-state index contributed by atoms with van der Waals surface area (Å²) in [5.74, 6) is -1.11. The van der Waals surface area contributed by atoms with Gasteiger partial charge in [-0.05, 0) is 23.6 Å². The van der Waals surface area contributed by atoms with E-state index < -0.39 is 36.6 Å². The number of hydrogen-bond acceptors (Lipinski definition) is 5. The summed E-state index contributed by atoms with van der Waals surface area (Å²) in [6.45, 7) is 0. The summed E-state index contributed by atoms with van der Waals surface area (Å²) in [5.41, 5.74) is -3.36. The summed E-state index contributed by atoms with van der Waals surface area (Å²) in [6.07, 6.45) is -7.79. The molecule has 1 aliphatic heterocycles. The number of nitrogens with zero attached hydrogens (tertiary/aromatic N) is 3. The molecule has 3 heterocycles. The molecular formula is C19H13F4N3O2S. The van der Waals surface area contributed by atoms with Crippen molar-refractivity contribution in [2.75, 3.05) is 0 Å². The van der Waals surface area contributed by atoms with E-state index in [1.165, 1.54) is 17.4 Å². The largest absolute Gasteiger partial charge is 0.364 e. The van der Waals surface area contributed by atoms with Gasteiger partial charge in [-0.1, -0.05) is 24.3 Å². The second-order valence-electron chi connectivity index (χ2n) is 6.41. The zero-order valence-corrected chi connectivity index (χ0v) is 15.4. The lowest BCUT2D eigenvalue weighted by Gasteiger charge is -2.30. The van der Waals surface area contributed by atoms with Gasteiger partial charge in [-0.25, -0.2) is 22.5 Å². The minimum atomic E-state index is -3.49. The van der Waals surface area contributed by atoms with Crippen molar-refractivity contribution in [1.82, 2.24) is 9.99 Å². The fraction of sp³-hybridized carbons (Fsp3) is 0.211. The highest BCUT2D eigenvalue weighted by Crippen LogP contribution is 2.36. The molecular weight excluding hydrogens is 410 g/mol. The Morgan fingerprint density at radius 2 is 1.93 bits per heavy atom. The predicted molar refractivity (Wildman–Crippen MR) is 100 cm³/mol. The number of pyridine rings is 1. The van der Waals surface area contributed by atoms with Gasteiger partial charge in [0.2, 0.25) is 5.72 Å². The number of hydrazone groups is 1. The Bertz CT molecular complexity index is 1100. The Morgan fingerprint density at radius 1 is 1.17 bits per heavy atom. The molecule has 150 valence electrons. The molecule has 10 heteroatoms. The molecule has 0 radical (unpaired) electrons. The van der Waals surface area contributed by atoms with Crippen LogP contribution < -0.4 is 0 Å². The van der Waals surface area contributed by atoms with Gasteiger partial charge in [0.1, 0.15) is 5.71 Å². The van der Waals surface area contributed by atoms with Crippen LogP contribution in [0, 0.1) is 0 Å². The third-order valence-electron chi connectivity index (χ3n) is 4.55. The van der Waals surface area contributed by atoms with Crippen molar-refractivity contribution in [1.29, 1.82) is 0 Å². The summed E-state index contributed by atoms with van der Waals surface area (Å²) in [5, 5.41) is 15.8. The fourth-order valence-corrected chi connectivity index (χ4v) is 3.81. The minimum absolute atomic E-state index is 0.0686. The molecule has 0 saturated heterocycles. The Kier molecular flexibility index (Phi) is 4.83. The molecule has 29 heavy (non-hydrogen) atoms. The lowest BCUT2D eigenvalue weighted by Crippen LogP contribution is -2.51. The Morgan fingerprint density at radius 3 is 2.59 bits per heavy atom. The van der Waals surface area contributed by atoms with Crippen molar-refractivity contribution in [3.05, 3.63) is 53.4 Å². The number of amides is 1. The third kappa shape index (κ3) is 3.28. The van der Waals surface area contributed by atoms with Crippen LogP contribution >= 0.6 is 11.3 Å². The number of aliphatic hydroxyl groups is 1. The number of fused-ring (bicyclic) bond motifs is 1. The molecule has 1 aromatic carbocycles. The Hall–Kier alpha value is -2.85. The van der Waals surface area contributed by atoms with Crippen LogP contribution in [0.15, 0.2) is 52.9 Å². The normalized spacial score (nSPS) is 19.4. The fourth-order valence-electron chi connectivity index (χ4n) is 3.12. The van der Waals surface area contributed by atoms with Crippen molar-refractivity contribution in [2.45, 2.75) is 25.0 Å². The van der Waals surface area contributed by atoms with Crippen LogP contribution in [-0.4, -0.2) is 45.3 Å². The van der Waals surface area contributed by atoms with E-state index in [2.05, 4.69) is 10.1 Å². The average molecular weight is 423 g/mol. The quantitative estimate of drug-likeness (QED) is 0.634. The number of hydrogen-bond donors (Lipinski definition) is 1. The molecule has 1 N–H and O–H groups in total. The number of aromatic nitrogens is 1. The van der Waals surface area contributed by atoms with E-state index in [1.807, 2.05) is 5.38 Å². The van der Waals surface area contributed by atoms with Gasteiger partial charge in [-0.2, -0.15) is 10.1 Å². The van der Waals surface area contributed by atoms with Gasteiger partial charge in [-0.15, -0.1) is 11.3 Å². The summed E-state index contributed by atoms with van der Waals surface area (Å²) >= 11 is 1.36. The summed E-state index contributed by atoms with van der Waals surface area (Å²) in [7, 11) is 0. The number of thiophene rings is 1. The highest BCUT2D eigenvalue weighted by Gasteiger charge is 2.53. The lowest BCUT2D eigenvalue weighted by molar-refractivity contribution is -0.164. The number of para-hydroxylation sites is 1. The average Bonchev–Trinajstić information content (AvgIpc) is 3.35. The SMILES string of the molecule is O=C(c1cc(-c2cccs2)nc2ccccc12)N1N=C(C(F)F)C[C@]1(O)C(F)F. The van der Waals surface area contributed by atoms with Crippen molar-refractivity contribution in [3.63, 3.8) is 0 Å². The van der Waals surface area contributed by atoms with Gasteiger partial charge in [0, 0.05) is 11.8 Å². The molecule has 1 aliphatic rings. The summed E-state index contributed by atoms with van der Waals surface area (Å²) in [4.78, 5) is 18.3. The van der Waals surface area contributed by atoms with Gasteiger partial charge in [0.25, 0.3) is 18.8 Å². The molecule has 0 unspecified atom stereocenters. The smallest absolute Gasteiger partial charge is 0.287 e. The van der Waals surface area contributed by atoms with E-state index in [9.17, 15) is 27.5 Å². The number of carbonyl (C=O) groups excluding carboxylic acids is 1. The molecule has 4 rings (SSSR count). The van der Waals surface area contributed by atoms with Gasteiger partial charge < -0.3 is 5.11 Å². The maximum atomic E-state index is 13.5. The van der Waals surface area contributed by atoms with Crippen LogP contribution in [0.5, 0.6) is 0 Å². The van der Waals surface area contributed by atoms with Gasteiger partial charge in [0.15, 0.2) is 0 Å². The molecule has 0 fully saturated rings. The zero-order valence-electron chi connectivity index (χ0n) is 14.6. The topological polar surface area (TPSA) is 65.8 Å². The monoisotopic (exact) mass is 423 g/mol. The Balaban J connectivity index is 1.88. The molecule has 0 aliphatic carbocycles. The molecule has 2 aromatic heterocycles. The van der Waals surface area contributed by atoms with E-state index in [4.69, 9.17) is 0 Å². The van der Waals surface area contributed by atoms with Crippen LogP contribution in [-0.2, 0) is 0 Å². The number of halogens is 4. The highest BCUT2D eigenvalue weighted by molar-refractivity contribution is 7.13. The number of alkyl halides is 4. The second-order valence-corrected chi connectivity index (χ2v) is 7.36. The summed E-state index contributed by atoms with van der Waals surface area (Å²) in [6, 6.07) is 11.5. The number of benzene rings is 1. The van der Waals surface area contributed by atoms with E-state index in [0.717, 1.165) is 4.88 Å². The standard InChI is InChI=1S/C19H13F4N3O2S/c20-16(21)14-9-19(28,18(22)23)26(25-14)17(27)11-8-13(15-6-3-7-29-15)24-12-5-2-1-4-10(11)12/h1-8,16,18,28H,9H2/t19-/m0/s1. The summed E-state index contributed by atoms with van der Waals surface area (Å²) < 4.78 is 53.2. The van der Waals surface area contributed by atoms with Crippen molar-refractivity contribution >= 4 is 33.9 Å². The van der Waals surface area contributed by atoms with Gasteiger partial charge in [-0.3, -0.25) is 4.79 Å². The molecule has 1 atom stereocenters. The first-order valence-corrected chi connectivity index (χ1v) is 9.33. The van der Waals surface area contributed by atoms with Crippen LogP contribution in [0.3, 0.4) is 0 Å². The van der Waals surface area contributed by atoms with Crippen LogP contribution in [0.2, 0.25) is 0 Å². The van der Waals surface area contributed by atoms with Gasteiger partial charge >= 0.3 is 0 Å². The molecule has 5 nitrogen and oxygen atoms in total. The lowest BCUT2D eigenvalue weighted by atomic mass is 10.0. The first-order valence-electron chi connectivity index (χ1n) is 8.45. The van der Waals surface area contributed by atoms with Crippen molar-refractivity contribution in [2.24, 2.45) is 5.10 Å². The first-order chi connectivity index (χ1) is 13.8. The maximum absolute atomic E-state index is 13.5. The minimum Gasteiger partial charge on any atom is -0.364 e. The maximum Gasteiger partial charge on any atom is 0.287 e. The van der Waals surface area contributed by atoms with E-state index in [-0.39, 0.29) is 10.6 Å². The molecule has 0 bridgehead atoms. The van der Waals surface area contributed by atoms with E-state index in [1.54, 1.807) is 36.4 Å². The van der Waals surface area contributed by atoms with Crippen LogP contribution in [0.25, 0.3) is 21.5 Å². The number of rotatable bonds is 4. The third-order valence-corrected chi connectivity index (χ3v) is 5.44. The van der Waals surface area contributed by atoms with Crippen LogP contribution in [0.4, 0.5) is 17.6 Å². The van der Waals surface area contributed by atoms with E-state index in [0.29, 0.717) is 16.6 Å². The molecule has 0 spiro atoms. The van der Waals surface area contributed by atoms with Gasteiger partial charge in [0.05, 0.1) is 21.7 Å². The zero-order chi connectivity index (χ0) is 20.8.